The third-order valence-corrected chi connectivity index (χ3v) is 4.60. The summed E-state index contributed by atoms with van der Waals surface area (Å²) in [5.74, 6) is 2.13. The van der Waals surface area contributed by atoms with Crippen LogP contribution in [0.3, 0.4) is 0 Å². The van der Waals surface area contributed by atoms with E-state index in [9.17, 15) is 4.79 Å². The molecule has 2 aromatic rings. The molecule has 0 radical (unpaired) electrons. The maximum absolute atomic E-state index is 12.5. The van der Waals surface area contributed by atoms with Crippen LogP contribution in [-0.4, -0.2) is 36.9 Å². The maximum atomic E-state index is 12.5. The molecular weight excluding hydrogens is 322 g/mol. The molecule has 1 aliphatic heterocycles. The van der Waals surface area contributed by atoms with Crippen LogP contribution in [-0.2, 0) is 19.5 Å². The van der Waals surface area contributed by atoms with Crippen molar-refractivity contribution in [1.29, 1.82) is 0 Å². The smallest absolute Gasteiger partial charge is 0.317 e. The molecule has 1 aromatic heterocycles. The number of nitrogens with one attached hydrogen (secondary N) is 1. The standard InChI is InChI=1S/C18H23N3O4/c1-11-15(12(2)25-20-11)9-19-18(22)21-6-5-13-7-16(23-3)17(24-4)8-14(13)10-21/h7-8H,5-6,9-10H2,1-4H3,(H,19,22). The molecule has 2 amide bonds. The van der Waals surface area contributed by atoms with E-state index in [4.69, 9.17) is 14.0 Å². The molecule has 134 valence electrons. The van der Waals surface area contributed by atoms with Crippen molar-refractivity contribution >= 4 is 6.03 Å². The number of amides is 2. The Balaban J connectivity index is 1.68. The summed E-state index contributed by atoms with van der Waals surface area (Å²) in [4.78, 5) is 14.3. The lowest BCUT2D eigenvalue weighted by molar-refractivity contribution is 0.191. The molecule has 0 unspecified atom stereocenters. The number of hydrogen-bond donors (Lipinski definition) is 1. The summed E-state index contributed by atoms with van der Waals surface area (Å²) in [5.41, 5.74) is 4.00. The highest BCUT2D eigenvalue weighted by Gasteiger charge is 2.23. The Morgan fingerprint density at radius 1 is 1.24 bits per heavy atom. The van der Waals surface area contributed by atoms with Crippen molar-refractivity contribution < 1.29 is 18.8 Å². The van der Waals surface area contributed by atoms with Crippen LogP contribution in [0.4, 0.5) is 4.79 Å². The predicted molar refractivity (Wildman–Crippen MR) is 91.9 cm³/mol. The Morgan fingerprint density at radius 3 is 2.52 bits per heavy atom. The lowest BCUT2D eigenvalue weighted by Gasteiger charge is -2.29. The first-order chi connectivity index (χ1) is 12.0. The number of nitrogens with zero attached hydrogens (tertiary/aromatic N) is 2. The van der Waals surface area contributed by atoms with E-state index in [1.165, 1.54) is 5.56 Å². The van der Waals surface area contributed by atoms with Crippen LogP contribution in [0, 0.1) is 13.8 Å². The average molecular weight is 345 g/mol. The van der Waals surface area contributed by atoms with Gasteiger partial charge < -0.3 is 24.2 Å². The van der Waals surface area contributed by atoms with Gasteiger partial charge in [-0.3, -0.25) is 0 Å². The molecule has 25 heavy (non-hydrogen) atoms. The van der Waals surface area contributed by atoms with Crippen LogP contribution in [0.2, 0.25) is 0 Å². The van der Waals surface area contributed by atoms with E-state index in [1.807, 2.05) is 26.0 Å². The summed E-state index contributed by atoms with van der Waals surface area (Å²) >= 11 is 0. The van der Waals surface area contributed by atoms with Crippen LogP contribution in [0.15, 0.2) is 16.7 Å². The minimum absolute atomic E-state index is 0.0968. The molecule has 1 aromatic carbocycles. The van der Waals surface area contributed by atoms with Crippen LogP contribution in [0.25, 0.3) is 0 Å². The molecule has 3 rings (SSSR count). The number of ether oxygens (including phenoxy) is 2. The molecule has 0 spiro atoms. The second kappa shape index (κ2) is 7.04. The fraction of sp³-hybridized carbons (Fsp3) is 0.444. The summed E-state index contributed by atoms with van der Waals surface area (Å²) in [7, 11) is 3.24. The first-order valence-corrected chi connectivity index (χ1v) is 8.21. The second-order valence-electron chi connectivity index (χ2n) is 6.11. The zero-order chi connectivity index (χ0) is 18.0. The lowest BCUT2D eigenvalue weighted by atomic mass is 9.99. The van der Waals surface area contributed by atoms with Crippen molar-refractivity contribution in [3.8, 4) is 11.5 Å². The molecular formula is C18H23N3O4. The predicted octanol–water partition coefficient (Wildman–Crippen LogP) is 2.58. The van der Waals surface area contributed by atoms with Gasteiger partial charge in [-0.1, -0.05) is 5.16 Å². The van der Waals surface area contributed by atoms with E-state index in [0.29, 0.717) is 25.4 Å². The fourth-order valence-corrected chi connectivity index (χ4v) is 3.09. The highest BCUT2D eigenvalue weighted by atomic mass is 16.5. The summed E-state index contributed by atoms with van der Waals surface area (Å²) in [6.07, 6.45) is 0.786. The zero-order valence-electron chi connectivity index (χ0n) is 15.0. The van der Waals surface area contributed by atoms with Crippen LogP contribution in [0.1, 0.15) is 28.1 Å². The van der Waals surface area contributed by atoms with E-state index in [-0.39, 0.29) is 6.03 Å². The molecule has 7 nitrogen and oxygen atoms in total. The third-order valence-electron chi connectivity index (χ3n) is 4.60. The molecule has 2 heterocycles. The Labute approximate surface area is 146 Å². The molecule has 0 saturated heterocycles. The highest BCUT2D eigenvalue weighted by Crippen LogP contribution is 2.33. The number of fused-ring (bicyclic) bond motifs is 1. The Hall–Kier alpha value is -2.70. The van der Waals surface area contributed by atoms with Gasteiger partial charge in [0.15, 0.2) is 11.5 Å². The minimum Gasteiger partial charge on any atom is -0.493 e. The van der Waals surface area contributed by atoms with Gasteiger partial charge in [0.2, 0.25) is 0 Å². The number of aromatic nitrogens is 1. The number of benzene rings is 1. The maximum Gasteiger partial charge on any atom is 0.317 e. The van der Waals surface area contributed by atoms with Crippen LogP contribution in [0.5, 0.6) is 11.5 Å². The number of carbonyl (C=O) groups excluding carboxylic acids is 1. The number of urea groups is 1. The Morgan fingerprint density at radius 2 is 1.92 bits per heavy atom. The Bertz CT molecular complexity index is 765. The molecule has 1 aliphatic rings. The molecule has 0 fully saturated rings. The zero-order valence-corrected chi connectivity index (χ0v) is 15.0. The van der Waals surface area contributed by atoms with E-state index in [1.54, 1.807) is 19.1 Å². The lowest BCUT2D eigenvalue weighted by Crippen LogP contribution is -2.42. The molecule has 0 bridgehead atoms. The van der Waals surface area contributed by atoms with Crippen LogP contribution >= 0.6 is 0 Å². The van der Waals surface area contributed by atoms with Crippen molar-refractivity contribution in [2.45, 2.75) is 33.4 Å². The minimum atomic E-state index is -0.0968. The number of hydrogen-bond acceptors (Lipinski definition) is 5. The van der Waals surface area contributed by atoms with E-state index in [0.717, 1.165) is 34.8 Å². The highest BCUT2D eigenvalue weighted by molar-refractivity contribution is 5.74. The summed E-state index contributed by atoms with van der Waals surface area (Å²) in [6.45, 7) is 5.33. The van der Waals surface area contributed by atoms with Crippen molar-refractivity contribution in [3.63, 3.8) is 0 Å². The SMILES string of the molecule is COc1cc2c(cc1OC)CN(C(=O)NCc1c(C)noc1C)CC2. The second-order valence-corrected chi connectivity index (χ2v) is 6.11. The molecule has 1 N–H and O–H groups in total. The number of methoxy groups -OCH3 is 2. The van der Waals surface area contributed by atoms with Gasteiger partial charge in [0.25, 0.3) is 0 Å². The van der Waals surface area contributed by atoms with Gasteiger partial charge in [-0.05, 0) is 43.5 Å². The van der Waals surface area contributed by atoms with E-state index < -0.39 is 0 Å². The normalized spacial score (nSPS) is 13.4. The quantitative estimate of drug-likeness (QED) is 0.922. The molecule has 7 heteroatoms. The molecule has 0 aliphatic carbocycles. The molecule has 0 atom stereocenters. The van der Waals surface area contributed by atoms with Gasteiger partial charge >= 0.3 is 6.03 Å². The third kappa shape index (κ3) is 3.40. The Kier molecular flexibility index (Phi) is 4.83. The summed E-state index contributed by atoms with van der Waals surface area (Å²) < 4.78 is 15.8. The van der Waals surface area contributed by atoms with Gasteiger partial charge in [0.1, 0.15) is 5.76 Å². The monoisotopic (exact) mass is 345 g/mol. The van der Waals surface area contributed by atoms with Crippen molar-refractivity contribution in [2.75, 3.05) is 20.8 Å². The van der Waals surface area contributed by atoms with Crippen molar-refractivity contribution in [1.82, 2.24) is 15.4 Å². The van der Waals surface area contributed by atoms with E-state index >= 15 is 0 Å². The molecule has 0 saturated carbocycles. The van der Waals surface area contributed by atoms with Gasteiger partial charge in [-0.15, -0.1) is 0 Å². The van der Waals surface area contributed by atoms with Gasteiger partial charge in [0.05, 0.1) is 19.9 Å². The number of rotatable bonds is 4. The van der Waals surface area contributed by atoms with Crippen LogP contribution < -0.4 is 14.8 Å². The van der Waals surface area contributed by atoms with Crippen molar-refractivity contribution in [2.24, 2.45) is 0 Å². The van der Waals surface area contributed by atoms with Gasteiger partial charge in [0, 0.05) is 25.2 Å². The van der Waals surface area contributed by atoms with E-state index in [2.05, 4.69) is 10.5 Å². The number of aryl methyl sites for hydroxylation is 2. The van der Waals surface area contributed by atoms with Gasteiger partial charge in [-0.25, -0.2) is 4.79 Å². The largest absolute Gasteiger partial charge is 0.493 e. The average Bonchev–Trinajstić information content (AvgIpc) is 2.95. The fourth-order valence-electron chi connectivity index (χ4n) is 3.09. The first-order valence-electron chi connectivity index (χ1n) is 8.21. The number of carbonyl (C=O) groups is 1. The topological polar surface area (TPSA) is 76.8 Å². The summed E-state index contributed by atoms with van der Waals surface area (Å²) in [5, 5.41) is 6.86. The first kappa shape index (κ1) is 17.1. The summed E-state index contributed by atoms with van der Waals surface area (Å²) in [6, 6.07) is 3.84. The van der Waals surface area contributed by atoms with Gasteiger partial charge in [-0.2, -0.15) is 0 Å². The van der Waals surface area contributed by atoms with Crippen molar-refractivity contribution in [3.05, 3.63) is 40.3 Å².